The molecule has 0 aliphatic carbocycles. The van der Waals surface area contributed by atoms with Gasteiger partial charge in [0.15, 0.2) is 0 Å². The van der Waals surface area contributed by atoms with Crippen molar-refractivity contribution in [1.29, 1.82) is 0 Å². The van der Waals surface area contributed by atoms with Crippen LogP contribution in [0.15, 0.2) is 48.8 Å². The van der Waals surface area contributed by atoms with Gasteiger partial charge >= 0.3 is 0 Å². The summed E-state index contributed by atoms with van der Waals surface area (Å²) in [5.41, 5.74) is 2.69. The molecule has 29 heavy (non-hydrogen) atoms. The number of amides is 2. The zero-order valence-corrected chi connectivity index (χ0v) is 17.5. The highest BCUT2D eigenvalue weighted by molar-refractivity contribution is 5.85. The number of hydrogen-bond acceptors (Lipinski definition) is 3. The summed E-state index contributed by atoms with van der Waals surface area (Å²) < 4.78 is 0. The van der Waals surface area contributed by atoms with Crippen LogP contribution in [0.5, 0.6) is 0 Å². The van der Waals surface area contributed by atoms with Gasteiger partial charge in [0.25, 0.3) is 0 Å². The van der Waals surface area contributed by atoms with Gasteiger partial charge in [-0.25, -0.2) is 0 Å². The van der Waals surface area contributed by atoms with Crippen LogP contribution in [0.3, 0.4) is 0 Å². The Hall–Kier alpha value is -2.69. The highest BCUT2D eigenvalue weighted by Gasteiger charge is 2.43. The molecule has 1 atom stereocenters. The fourth-order valence-electron chi connectivity index (χ4n) is 4.26. The number of nitrogens with one attached hydrogen (secondary N) is 1. The zero-order chi connectivity index (χ0) is 20.7. The van der Waals surface area contributed by atoms with E-state index in [2.05, 4.69) is 28.5 Å². The van der Waals surface area contributed by atoms with Crippen molar-refractivity contribution in [2.75, 3.05) is 19.6 Å². The second kappa shape index (κ2) is 9.68. The fourth-order valence-corrected chi connectivity index (χ4v) is 4.26. The van der Waals surface area contributed by atoms with E-state index in [1.54, 1.807) is 6.20 Å². The Kier molecular flexibility index (Phi) is 7.02. The monoisotopic (exact) mass is 393 g/mol. The Labute approximate surface area is 173 Å². The molecule has 1 aromatic heterocycles. The second-order valence-electron chi connectivity index (χ2n) is 7.93. The van der Waals surface area contributed by atoms with E-state index in [-0.39, 0.29) is 11.8 Å². The quantitative estimate of drug-likeness (QED) is 0.777. The summed E-state index contributed by atoms with van der Waals surface area (Å²) in [6.07, 6.45) is 7.27. The van der Waals surface area contributed by atoms with Crippen molar-refractivity contribution in [3.8, 4) is 11.1 Å². The summed E-state index contributed by atoms with van der Waals surface area (Å²) in [6, 6.07) is 12.3. The first-order chi connectivity index (χ1) is 14.1. The van der Waals surface area contributed by atoms with Gasteiger partial charge in [-0.15, -0.1) is 0 Å². The van der Waals surface area contributed by atoms with Crippen molar-refractivity contribution in [1.82, 2.24) is 15.2 Å². The highest BCUT2D eigenvalue weighted by Crippen LogP contribution is 2.35. The number of aromatic nitrogens is 1. The predicted molar refractivity (Wildman–Crippen MR) is 115 cm³/mol. The minimum Gasteiger partial charge on any atom is -0.356 e. The van der Waals surface area contributed by atoms with E-state index in [9.17, 15) is 9.59 Å². The minimum absolute atomic E-state index is 0.0563. The first-order valence-corrected chi connectivity index (χ1v) is 10.6. The number of hydrogen-bond donors (Lipinski definition) is 1. The van der Waals surface area contributed by atoms with Gasteiger partial charge in [-0.2, -0.15) is 0 Å². The van der Waals surface area contributed by atoms with E-state index in [0.717, 1.165) is 42.5 Å². The van der Waals surface area contributed by atoms with Gasteiger partial charge in [0.2, 0.25) is 11.8 Å². The fraction of sp³-hybridized carbons (Fsp3) is 0.458. The number of rotatable bonds is 7. The Morgan fingerprint density at radius 2 is 2.00 bits per heavy atom. The van der Waals surface area contributed by atoms with Crippen molar-refractivity contribution in [3.05, 3.63) is 54.4 Å². The van der Waals surface area contributed by atoms with Crippen molar-refractivity contribution < 1.29 is 9.59 Å². The Balaban J connectivity index is 1.88. The molecule has 0 bridgehead atoms. The molecule has 1 saturated heterocycles. The largest absolute Gasteiger partial charge is 0.356 e. The molecule has 1 aliphatic rings. The lowest BCUT2D eigenvalue weighted by Crippen LogP contribution is -2.54. The topological polar surface area (TPSA) is 62.3 Å². The third-order valence-corrected chi connectivity index (χ3v) is 5.68. The van der Waals surface area contributed by atoms with Crippen LogP contribution in [0.4, 0.5) is 0 Å². The van der Waals surface area contributed by atoms with Crippen LogP contribution in [-0.2, 0) is 16.0 Å². The molecule has 0 unspecified atom stereocenters. The van der Waals surface area contributed by atoms with Gasteiger partial charge in [-0.05, 0) is 55.4 Å². The smallest absolute Gasteiger partial charge is 0.228 e. The SMILES string of the molecule is CCCC(=O)N1CCC[C@@](Cc2cccc(-c3cccnc3)c2)(C(=O)NCC)C1. The number of benzene rings is 1. The zero-order valence-electron chi connectivity index (χ0n) is 17.5. The number of pyridine rings is 1. The van der Waals surface area contributed by atoms with E-state index < -0.39 is 5.41 Å². The lowest BCUT2D eigenvalue weighted by atomic mass is 9.74. The maximum absolute atomic E-state index is 13.1. The Bertz CT molecular complexity index is 837. The van der Waals surface area contributed by atoms with Crippen LogP contribution in [0.1, 0.15) is 45.1 Å². The van der Waals surface area contributed by atoms with Gasteiger partial charge in [-0.3, -0.25) is 14.6 Å². The lowest BCUT2D eigenvalue weighted by Gasteiger charge is -2.42. The number of nitrogens with zero attached hydrogens (tertiary/aromatic N) is 2. The summed E-state index contributed by atoms with van der Waals surface area (Å²) in [6.45, 7) is 5.80. The van der Waals surface area contributed by atoms with E-state index in [0.29, 0.717) is 25.9 Å². The summed E-state index contributed by atoms with van der Waals surface area (Å²) in [7, 11) is 0. The van der Waals surface area contributed by atoms with Crippen molar-refractivity contribution in [2.45, 2.75) is 46.0 Å². The van der Waals surface area contributed by atoms with E-state index in [1.165, 1.54) is 0 Å². The molecule has 1 aliphatic heterocycles. The van der Waals surface area contributed by atoms with Crippen LogP contribution in [0.2, 0.25) is 0 Å². The van der Waals surface area contributed by atoms with Gasteiger partial charge in [0, 0.05) is 38.4 Å². The first-order valence-electron chi connectivity index (χ1n) is 10.6. The summed E-state index contributed by atoms with van der Waals surface area (Å²) in [5.74, 6) is 0.214. The Morgan fingerprint density at radius 3 is 2.72 bits per heavy atom. The third-order valence-electron chi connectivity index (χ3n) is 5.68. The minimum atomic E-state index is -0.578. The lowest BCUT2D eigenvalue weighted by molar-refractivity contribution is -0.141. The van der Waals surface area contributed by atoms with E-state index in [1.807, 2.05) is 43.1 Å². The number of likely N-dealkylation sites (tertiary alicyclic amines) is 1. The van der Waals surface area contributed by atoms with E-state index >= 15 is 0 Å². The van der Waals surface area contributed by atoms with Crippen LogP contribution < -0.4 is 5.32 Å². The number of piperidine rings is 1. The number of carbonyl (C=O) groups is 2. The number of carbonyl (C=O) groups excluding carboxylic acids is 2. The van der Waals surface area contributed by atoms with Gasteiger partial charge in [-0.1, -0.05) is 37.3 Å². The first kappa shape index (κ1) is 21.0. The average Bonchev–Trinajstić information content (AvgIpc) is 2.75. The molecule has 0 radical (unpaired) electrons. The van der Waals surface area contributed by atoms with Crippen LogP contribution in [-0.4, -0.2) is 41.3 Å². The molecule has 2 aromatic rings. The van der Waals surface area contributed by atoms with Crippen LogP contribution in [0, 0.1) is 5.41 Å². The van der Waals surface area contributed by atoms with E-state index in [4.69, 9.17) is 0 Å². The maximum Gasteiger partial charge on any atom is 0.228 e. The molecule has 0 saturated carbocycles. The molecular weight excluding hydrogens is 362 g/mol. The van der Waals surface area contributed by atoms with Gasteiger partial charge in [0.05, 0.1) is 5.41 Å². The van der Waals surface area contributed by atoms with Crippen molar-refractivity contribution >= 4 is 11.8 Å². The molecule has 0 spiro atoms. The predicted octanol–water partition coefficient (Wildman–Crippen LogP) is 3.84. The summed E-state index contributed by atoms with van der Waals surface area (Å²) in [5, 5.41) is 3.03. The second-order valence-corrected chi connectivity index (χ2v) is 7.93. The highest BCUT2D eigenvalue weighted by atomic mass is 16.2. The maximum atomic E-state index is 13.1. The van der Waals surface area contributed by atoms with Crippen LogP contribution >= 0.6 is 0 Å². The summed E-state index contributed by atoms with van der Waals surface area (Å²) >= 11 is 0. The molecule has 1 aromatic carbocycles. The molecule has 2 heterocycles. The normalized spacial score (nSPS) is 19.0. The standard InChI is InChI=1S/C24H31N3O2/c1-3-8-22(28)27-14-7-12-24(18-27,23(29)26-4-2)16-19-9-5-10-20(15-19)21-11-6-13-25-17-21/h5-6,9-11,13,15,17H,3-4,7-8,12,14,16,18H2,1-2H3,(H,26,29)/t24-/m0/s1. The molecule has 3 rings (SSSR count). The van der Waals surface area contributed by atoms with Crippen molar-refractivity contribution in [3.63, 3.8) is 0 Å². The third kappa shape index (κ3) is 5.03. The summed E-state index contributed by atoms with van der Waals surface area (Å²) in [4.78, 5) is 31.8. The molecule has 1 fully saturated rings. The van der Waals surface area contributed by atoms with Crippen LogP contribution in [0.25, 0.3) is 11.1 Å². The van der Waals surface area contributed by atoms with Crippen molar-refractivity contribution in [2.24, 2.45) is 5.41 Å². The molecule has 5 heteroatoms. The van der Waals surface area contributed by atoms with Gasteiger partial charge in [0.1, 0.15) is 0 Å². The molecule has 5 nitrogen and oxygen atoms in total. The molecular formula is C24H31N3O2. The average molecular weight is 394 g/mol. The molecule has 1 N–H and O–H groups in total. The Morgan fingerprint density at radius 1 is 1.17 bits per heavy atom. The van der Waals surface area contributed by atoms with Gasteiger partial charge < -0.3 is 10.2 Å². The molecule has 154 valence electrons. The molecule has 2 amide bonds.